The van der Waals surface area contributed by atoms with Crippen LogP contribution in [0.4, 0.5) is 0 Å². The normalized spacial score (nSPS) is 11.8. The number of rotatable bonds is 12. The standard InChI is InChI=1S/C24H32Br2/c1-2-3-4-5-6-7-14-19-24(25,26)20-23(21-15-10-8-11-16-21)22-17-12-9-13-18-22/h8-13,15-18,23H,2-7,14,19-20H2,1H3. The second-order valence-corrected chi connectivity index (χ2v) is 11.4. The molecule has 0 bridgehead atoms. The van der Waals surface area contributed by atoms with Crippen molar-refractivity contribution in [1.29, 1.82) is 0 Å². The molecule has 0 fully saturated rings. The van der Waals surface area contributed by atoms with Crippen LogP contribution in [0.15, 0.2) is 60.7 Å². The zero-order chi connectivity index (χ0) is 18.7. The zero-order valence-electron chi connectivity index (χ0n) is 16.0. The van der Waals surface area contributed by atoms with E-state index in [4.69, 9.17) is 0 Å². The minimum Gasteiger partial charge on any atom is -0.0727 e. The van der Waals surface area contributed by atoms with E-state index in [0.717, 1.165) is 12.8 Å². The molecular weight excluding hydrogens is 448 g/mol. The number of hydrogen-bond acceptors (Lipinski definition) is 0. The molecule has 142 valence electrons. The van der Waals surface area contributed by atoms with E-state index in [2.05, 4.69) is 99.4 Å². The maximum absolute atomic E-state index is 3.99. The van der Waals surface area contributed by atoms with Gasteiger partial charge in [-0.2, -0.15) is 0 Å². The lowest BCUT2D eigenvalue weighted by Gasteiger charge is -2.27. The molecule has 0 N–H and O–H groups in total. The van der Waals surface area contributed by atoms with Gasteiger partial charge in [-0.1, -0.05) is 144 Å². The van der Waals surface area contributed by atoms with Gasteiger partial charge in [0.1, 0.15) is 0 Å². The monoisotopic (exact) mass is 478 g/mol. The molecule has 0 aliphatic heterocycles. The number of halogens is 2. The summed E-state index contributed by atoms with van der Waals surface area (Å²) in [6.45, 7) is 2.28. The van der Waals surface area contributed by atoms with Gasteiger partial charge in [0.2, 0.25) is 0 Å². The number of alkyl halides is 2. The second kappa shape index (κ2) is 12.0. The number of hydrogen-bond donors (Lipinski definition) is 0. The first-order valence-corrected chi connectivity index (χ1v) is 11.7. The van der Waals surface area contributed by atoms with Crippen LogP contribution in [-0.4, -0.2) is 3.23 Å². The molecule has 0 radical (unpaired) electrons. The van der Waals surface area contributed by atoms with Gasteiger partial charge in [-0.05, 0) is 24.0 Å². The van der Waals surface area contributed by atoms with Gasteiger partial charge in [0.05, 0.1) is 3.23 Å². The van der Waals surface area contributed by atoms with Crippen molar-refractivity contribution in [2.75, 3.05) is 0 Å². The second-order valence-electron chi connectivity index (χ2n) is 7.31. The van der Waals surface area contributed by atoms with Crippen molar-refractivity contribution in [1.82, 2.24) is 0 Å². The molecule has 0 amide bonds. The highest BCUT2D eigenvalue weighted by molar-refractivity contribution is 9.25. The summed E-state index contributed by atoms with van der Waals surface area (Å²) in [5.41, 5.74) is 2.78. The quantitative estimate of drug-likeness (QED) is 0.210. The molecule has 0 unspecified atom stereocenters. The number of unbranched alkanes of at least 4 members (excludes halogenated alkanes) is 6. The van der Waals surface area contributed by atoms with Crippen molar-refractivity contribution < 1.29 is 0 Å². The van der Waals surface area contributed by atoms with E-state index in [1.54, 1.807) is 0 Å². The van der Waals surface area contributed by atoms with Gasteiger partial charge in [-0.15, -0.1) is 0 Å². The van der Waals surface area contributed by atoms with Gasteiger partial charge in [0, 0.05) is 5.92 Å². The van der Waals surface area contributed by atoms with Crippen LogP contribution in [0.25, 0.3) is 0 Å². The van der Waals surface area contributed by atoms with E-state index >= 15 is 0 Å². The van der Waals surface area contributed by atoms with Crippen LogP contribution in [0, 0.1) is 0 Å². The molecule has 2 aromatic rings. The van der Waals surface area contributed by atoms with Gasteiger partial charge >= 0.3 is 0 Å². The fraction of sp³-hybridized carbons (Fsp3) is 0.500. The van der Waals surface area contributed by atoms with E-state index in [-0.39, 0.29) is 3.23 Å². The summed E-state index contributed by atoms with van der Waals surface area (Å²) >= 11 is 7.98. The summed E-state index contributed by atoms with van der Waals surface area (Å²) in [5.74, 6) is 0.403. The van der Waals surface area contributed by atoms with Gasteiger partial charge in [0.15, 0.2) is 0 Å². The first-order chi connectivity index (χ1) is 12.6. The van der Waals surface area contributed by atoms with Crippen LogP contribution < -0.4 is 0 Å². The molecule has 2 aromatic carbocycles. The minimum atomic E-state index is -0.000230. The fourth-order valence-corrected chi connectivity index (χ4v) is 4.75. The van der Waals surface area contributed by atoms with Crippen LogP contribution >= 0.6 is 31.9 Å². The number of benzene rings is 2. The van der Waals surface area contributed by atoms with Gasteiger partial charge in [-0.3, -0.25) is 0 Å². The summed E-state index contributed by atoms with van der Waals surface area (Å²) in [7, 11) is 0. The first kappa shape index (κ1) is 21.7. The van der Waals surface area contributed by atoms with Crippen LogP contribution in [0.5, 0.6) is 0 Å². The third-order valence-corrected chi connectivity index (χ3v) is 6.49. The Bertz CT molecular complexity index is 553. The molecule has 0 heterocycles. The Morgan fingerprint density at radius 3 is 1.65 bits per heavy atom. The SMILES string of the molecule is CCCCCCCCCC(Br)(Br)CC(c1ccccc1)c1ccccc1. The van der Waals surface area contributed by atoms with Crippen molar-refractivity contribution >= 4 is 31.9 Å². The van der Waals surface area contributed by atoms with Crippen molar-refractivity contribution in [3.63, 3.8) is 0 Å². The Hall–Kier alpha value is -0.600. The fourth-order valence-electron chi connectivity index (χ4n) is 3.54. The molecule has 2 rings (SSSR count). The van der Waals surface area contributed by atoms with Crippen LogP contribution in [0.1, 0.15) is 81.8 Å². The topological polar surface area (TPSA) is 0 Å². The molecule has 0 aliphatic carbocycles. The van der Waals surface area contributed by atoms with Crippen molar-refractivity contribution in [3.05, 3.63) is 71.8 Å². The molecule has 26 heavy (non-hydrogen) atoms. The molecule has 0 saturated carbocycles. The summed E-state index contributed by atoms with van der Waals surface area (Å²) in [6, 6.07) is 21.8. The molecule has 0 spiro atoms. The van der Waals surface area contributed by atoms with Crippen molar-refractivity contribution in [2.45, 2.75) is 73.9 Å². The molecule has 0 aromatic heterocycles. The molecule has 0 aliphatic rings. The lowest BCUT2D eigenvalue weighted by Crippen LogP contribution is -2.17. The molecule has 0 saturated heterocycles. The third kappa shape index (κ3) is 7.96. The first-order valence-electron chi connectivity index (χ1n) is 10.1. The maximum Gasteiger partial charge on any atom is 0.0814 e. The molecule has 2 heteroatoms. The predicted molar refractivity (Wildman–Crippen MR) is 123 cm³/mol. The summed E-state index contributed by atoms with van der Waals surface area (Å²) in [4.78, 5) is 0. The highest BCUT2D eigenvalue weighted by Crippen LogP contribution is 2.43. The lowest BCUT2D eigenvalue weighted by molar-refractivity contribution is 0.544. The van der Waals surface area contributed by atoms with Crippen LogP contribution in [0.2, 0.25) is 0 Å². The maximum atomic E-state index is 3.99. The highest BCUT2D eigenvalue weighted by Gasteiger charge is 2.28. The van der Waals surface area contributed by atoms with E-state index in [9.17, 15) is 0 Å². The van der Waals surface area contributed by atoms with E-state index < -0.39 is 0 Å². The Kier molecular flexibility index (Phi) is 9.99. The van der Waals surface area contributed by atoms with Gasteiger partial charge < -0.3 is 0 Å². The molecule has 0 nitrogen and oxygen atoms in total. The smallest absolute Gasteiger partial charge is 0.0727 e. The Morgan fingerprint density at radius 2 is 1.15 bits per heavy atom. The summed E-state index contributed by atoms with van der Waals surface area (Å²) in [6.07, 6.45) is 11.7. The molecule has 0 atom stereocenters. The highest BCUT2D eigenvalue weighted by atomic mass is 79.9. The zero-order valence-corrected chi connectivity index (χ0v) is 19.1. The average Bonchev–Trinajstić information content (AvgIpc) is 2.67. The Morgan fingerprint density at radius 1 is 0.692 bits per heavy atom. The van der Waals surface area contributed by atoms with Gasteiger partial charge in [-0.25, -0.2) is 0 Å². The Labute approximate surface area is 177 Å². The minimum absolute atomic E-state index is 0.000230. The predicted octanol–water partition coefficient (Wildman–Crippen LogP) is 8.84. The van der Waals surface area contributed by atoms with E-state index in [0.29, 0.717) is 5.92 Å². The largest absolute Gasteiger partial charge is 0.0814 e. The third-order valence-electron chi connectivity index (χ3n) is 5.05. The summed E-state index contributed by atoms with van der Waals surface area (Å²) < 4.78 is -0.000230. The van der Waals surface area contributed by atoms with E-state index in [1.165, 1.54) is 56.1 Å². The van der Waals surface area contributed by atoms with Crippen molar-refractivity contribution in [3.8, 4) is 0 Å². The molecular formula is C24H32Br2. The van der Waals surface area contributed by atoms with Gasteiger partial charge in [0.25, 0.3) is 0 Å². The Balaban J connectivity index is 1.92. The lowest BCUT2D eigenvalue weighted by atomic mass is 9.86. The van der Waals surface area contributed by atoms with Crippen LogP contribution in [0.3, 0.4) is 0 Å². The average molecular weight is 480 g/mol. The van der Waals surface area contributed by atoms with E-state index in [1.807, 2.05) is 0 Å². The van der Waals surface area contributed by atoms with Crippen LogP contribution in [-0.2, 0) is 0 Å². The van der Waals surface area contributed by atoms with Crippen molar-refractivity contribution in [2.24, 2.45) is 0 Å². The summed E-state index contributed by atoms with van der Waals surface area (Å²) in [5, 5.41) is 0.